The van der Waals surface area contributed by atoms with Crippen molar-refractivity contribution in [3.63, 3.8) is 0 Å². The summed E-state index contributed by atoms with van der Waals surface area (Å²) in [5, 5.41) is 25.5. The molecule has 0 fully saturated rings. The molecular weight excluding hydrogens is 657 g/mol. The summed E-state index contributed by atoms with van der Waals surface area (Å²) in [7, 11) is 0. The second-order valence-electron chi connectivity index (χ2n) is 13.6. The Morgan fingerprint density at radius 1 is 0.296 bits per heavy atom. The van der Waals surface area contributed by atoms with E-state index in [0.717, 1.165) is 88.4 Å². The van der Waals surface area contributed by atoms with Gasteiger partial charge in [-0.25, -0.2) is 0 Å². The Morgan fingerprint density at radius 3 is 1.07 bits per heavy atom. The minimum Gasteiger partial charge on any atom is -0.308 e. The van der Waals surface area contributed by atoms with Gasteiger partial charge >= 0.3 is 0 Å². The Morgan fingerprint density at radius 2 is 0.648 bits per heavy atom. The molecule has 0 aliphatic heterocycles. The zero-order valence-corrected chi connectivity index (χ0v) is 29.1. The molecule has 10 aromatic rings. The summed E-state index contributed by atoms with van der Waals surface area (Å²) in [5.74, 6) is 0. The molecule has 0 aliphatic rings. The summed E-state index contributed by atoms with van der Waals surface area (Å²) < 4.78 is 4.45. The maximum absolute atomic E-state index is 10.5. The van der Waals surface area contributed by atoms with Gasteiger partial charge in [0.1, 0.15) is 12.1 Å². The van der Waals surface area contributed by atoms with Crippen LogP contribution in [0.4, 0.5) is 0 Å². The average Bonchev–Trinajstić information content (AvgIpc) is 3.75. The van der Waals surface area contributed by atoms with Crippen LogP contribution >= 0.6 is 0 Å². The molecule has 2 heterocycles. The van der Waals surface area contributed by atoms with E-state index >= 15 is 0 Å². The zero-order chi connectivity index (χ0) is 36.2. The van der Waals surface area contributed by atoms with Crippen LogP contribution in [-0.2, 0) is 0 Å². The van der Waals surface area contributed by atoms with Gasteiger partial charge in [-0.1, -0.05) is 133 Å². The molecule has 54 heavy (non-hydrogen) atoms. The van der Waals surface area contributed by atoms with E-state index in [2.05, 4.69) is 155 Å². The first-order valence-corrected chi connectivity index (χ1v) is 18.0. The summed E-state index contributed by atoms with van der Waals surface area (Å²) in [5.41, 5.74) is 13.3. The van der Waals surface area contributed by atoms with Gasteiger partial charge in [-0.05, 0) is 81.9 Å². The molecule has 0 atom stereocenters. The van der Waals surface area contributed by atoms with Crippen LogP contribution < -0.4 is 0 Å². The molecule has 4 nitrogen and oxygen atoms in total. The van der Waals surface area contributed by atoms with Crippen LogP contribution in [0, 0.1) is 22.7 Å². The van der Waals surface area contributed by atoms with E-state index in [1.807, 2.05) is 48.5 Å². The van der Waals surface area contributed by atoms with Crippen LogP contribution in [0.5, 0.6) is 0 Å². The molecule has 0 bridgehead atoms. The topological polar surface area (TPSA) is 57.4 Å². The molecule has 8 aromatic carbocycles. The Bertz CT molecular complexity index is 2950. The second kappa shape index (κ2) is 12.5. The van der Waals surface area contributed by atoms with Crippen molar-refractivity contribution in [2.45, 2.75) is 0 Å². The third kappa shape index (κ3) is 4.90. The van der Waals surface area contributed by atoms with Crippen molar-refractivity contribution in [2.24, 2.45) is 0 Å². The monoisotopic (exact) mass is 686 g/mol. The van der Waals surface area contributed by atoms with Crippen LogP contribution in [0.3, 0.4) is 0 Å². The van der Waals surface area contributed by atoms with Gasteiger partial charge in [-0.15, -0.1) is 0 Å². The molecule has 0 aliphatic carbocycles. The maximum atomic E-state index is 10.5. The van der Waals surface area contributed by atoms with Gasteiger partial charge in [-0.2, -0.15) is 10.5 Å². The minimum atomic E-state index is 0.580. The molecule has 0 amide bonds. The molecule has 0 spiro atoms. The van der Waals surface area contributed by atoms with Crippen molar-refractivity contribution >= 4 is 43.6 Å². The molecule has 10 rings (SSSR count). The van der Waals surface area contributed by atoms with E-state index in [1.165, 1.54) is 0 Å². The first-order valence-electron chi connectivity index (χ1n) is 18.0. The third-order valence-electron chi connectivity index (χ3n) is 10.6. The highest BCUT2D eigenvalue weighted by atomic mass is 15.0. The lowest BCUT2D eigenvalue weighted by molar-refractivity contribution is 1.16. The van der Waals surface area contributed by atoms with Crippen molar-refractivity contribution in [1.82, 2.24) is 9.13 Å². The van der Waals surface area contributed by atoms with Gasteiger partial charge in [0.2, 0.25) is 0 Å². The maximum Gasteiger partial charge on any atom is 0.101 e. The number of hydrogen-bond acceptors (Lipinski definition) is 2. The van der Waals surface area contributed by atoms with Gasteiger partial charge in [-0.3, -0.25) is 0 Å². The van der Waals surface area contributed by atoms with E-state index in [4.69, 9.17) is 0 Å². The first kappa shape index (κ1) is 31.1. The van der Waals surface area contributed by atoms with Gasteiger partial charge in [0, 0.05) is 21.5 Å². The Kier molecular flexibility index (Phi) is 7.22. The summed E-state index contributed by atoms with van der Waals surface area (Å²) in [6.07, 6.45) is 0. The lowest BCUT2D eigenvalue weighted by Gasteiger charge is -2.15. The fraction of sp³-hybridized carbons (Fsp3) is 0. The van der Waals surface area contributed by atoms with Crippen LogP contribution in [0.25, 0.3) is 88.4 Å². The first-order chi connectivity index (χ1) is 26.7. The van der Waals surface area contributed by atoms with Crippen LogP contribution in [-0.4, -0.2) is 9.13 Å². The largest absolute Gasteiger partial charge is 0.308 e. The van der Waals surface area contributed by atoms with Gasteiger partial charge in [0.15, 0.2) is 0 Å². The van der Waals surface area contributed by atoms with Crippen molar-refractivity contribution in [1.29, 1.82) is 10.5 Å². The van der Waals surface area contributed by atoms with E-state index < -0.39 is 0 Å². The van der Waals surface area contributed by atoms with Crippen molar-refractivity contribution in [3.05, 3.63) is 193 Å². The molecule has 250 valence electrons. The summed E-state index contributed by atoms with van der Waals surface area (Å²) >= 11 is 0. The standard InChI is InChI=1S/C50H30N4/c51-31-39-21-19-37(27-47(39)53-45-17-9-7-15-41(45)43-25-23-35(29-49(43)53)33-11-3-1-4-12-33)38-20-22-40(32-52)48(28-38)54-46-18-10-8-16-42(46)44-26-24-36(30-50(44)54)34-13-5-2-6-14-34/h1-30H. The molecule has 0 saturated carbocycles. The highest BCUT2D eigenvalue weighted by Crippen LogP contribution is 2.39. The predicted octanol–water partition coefficient (Wildman–Crippen LogP) is 12.6. The number of hydrogen-bond donors (Lipinski definition) is 0. The van der Waals surface area contributed by atoms with E-state index in [-0.39, 0.29) is 0 Å². The normalized spacial score (nSPS) is 11.3. The quantitative estimate of drug-likeness (QED) is 0.181. The highest BCUT2D eigenvalue weighted by Gasteiger charge is 2.19. The van der Waals surface area contributed by atoms with Gasteiger partial charge in [0.25, 0.3) is 0 Å². The van der Waals surface area contributed by atoms with Crippen LogP contribution in [0.1, 0.15) is 11.1 Å². The van der Waals surface area contributed by atoms with Gasteiger partial charge in [0.05, 0.1) is 44.6 Å². The number of fused-ring (bicyclic) bond motifs is 6. The smallest absolute Gasteiger partial charge is 0.101 e. The number of para-hydroxylation sites is 2. The average molecular weight is 687 g/mol. The molecule has 0 saturated heterocycles. The van der Waals surface area contributed by atoms with E-state index in [9.17, 15) is 10.5 Å². The van der Waals surface area contributed by atoms with Crippen LogP contribution in [0.15, 0.2) is 182 Å². The van der Waals surface area contributed by atoms with Crippen LogP contribution in [0.2, 0.25) is 0 Å². The van der Waals surface area contributed by atoms with E-state index in [0.29, 0.717) is 11.1 Å². The summed E-state index contributed by atoms with van der Waals surface area (Å²) in [6, 6.07) is 67.7. The fourth-order valence-electron chi connectivity index (χ4n) is 8.06. The molecular formula is C50H30N4. The highest BCUT2D eigenvalue weighted by molar-refractivity contribution is 6.11. The summed E-state index contributed by atoms with van der Waals surface area (Å²) in [4.78, 5) is 0. The Balaban J connectivity index is 1.19. The summed E-state index contributed by atoms with van der Waals surface area (Å²) in [6.45, 7) is 0. The fourth-order valence-corrected chi connectivity index (χ4v) is 8.06. The van der Waals surface area contributed by atoms with Crippen molar-refractivity contribution in [3.8, 4) is 56.9 Å². The lowest BCUT2D eigenvalue weighted by Crippen LogP contribution is -2.00. The zero-order valence-electron chi connectivity index (χ0n) is 29.1. The van der Waals surface area contributed by atoms with Crippen molar-refractivity contribution in [2.75, 3.05) is 0 Å². The molecule has 2 aromatic heterocycles. The Labute approximate surface area is 312 Å². The molecule has 4 heteroatoms. The third-order valence-corrected chi connectivity index (χ3v) is 10.6. The molecule has 0 radical (unpaired) electrons. The molecule has 0 unspecified atom stereocenters. The van der Waals surface area contributed by atoms with Gasteiger partial charge < -0.3 is 9.13 Å². The Hall–Kier alpha value is -7.66. The second-order valence-corrected chi connectivity index (χ2v) is 13.6. The minimum absolute atomic E-state index is 0.580. The number of benzene rings is 8. The number of nitriles is 2. The predicted molar refractivity (Wildman–Crippen MR) is 221 cm³/mol. The number of aromatic nitrogens is 2. The number of rotatable bonds is 5. The van der Waals surface area contributed by atoms with Crippen molar-refractivity contribution < 1.29 is 0 Å². The van der Waals surface area contributed by atoms with E-state index in [1.54, 1.807) is 0 Å². The SMILES string of the molecule is N#Cc1ccc(-c2ccc(C#N)c(-n3c4ccccc4c4ccc(-c5ccccc5)cc43)c2)cc1-n1c2ccccc2c2ccc(-c3ccccc3)cc21. The lowest BCUT2D eigenvalue weighted by atomic mass is 9.99. The molecule has 0 N–H and O–H groups in total. The number of nitrogens with zero attached hydrogens (tertiary/aromatic N) is 4.